The lowest BCUT2D eigenvalue weighted by Gasteiger charge is -2.07. The number of halogens is 3. The van der Waals surface area contributed by atoms with Gasteiger partial charge in [0.2, 0.25) is 0 Å². The predicted molar refractivity (Wildman–Crippen MR) is 59.7 cm³/mol. The lowest BCUT2D eigenvalue weighted by molar-refractivity contribution is -0.138. The van der Waals surface area contributed by atoms with Crippen LogP contribution >= 0.6 is 0 Å². The van der Waals surface area contributed by atoms with Crippen molar-refractivity contribution in [2.75, 3.05) is 0 Å². The molecule has 1 aromatic heterocycles. The van der Waals surface area contributed by atoms with Gasteiger partial charge in [0.15, 0.2) is 5.82 Å². The van der Waals surface area contributed by atoms with E-state index in [-0.39, 0.29) is 12.2 Å². The number of rotatable bonds is 4. The Morgan fingerprint density at radius 2 is 1.90 bits per heavy atom. The average Bonchev–Trinajstić information content (AvgIpc) is 2.75. The van der Waals surface area contributed by atoms with Crippen molar-refractivity contribution < 1.29 is 23.1 Å². The van der Waals surface area contributed by atoms with Crippen molar-refractivity contribution in [2.24, 2.45) is 0 Å². The van der Waals surface area contributed by atoms with E-state index in [1.165, 1.54) is 12.1 Å². The molecule has 0 radical (unpaired) electrons. The molecule has 2 aromatic rings. The molecular formula is C11H9F3N4O2. The molecule has 1 heterocycles. The van der Waals surface area contributed by atoms with Crippen LogP contribution < -0.4 is 0 Å². The third kappa shape index (κ3) is 3.31. The number of carbonyl (C=O) groups is 1. The minimum absolute atomic E-state index is 0.151. The van der Waals surface area contributed by atoms with Crippen molar-refractivity contribution in [2.45, 2.75) is 19.1 Å². The molecule has 6 nitrogen and oxygen atoms in total. The van der Waals surface area contributed by atoms with E-state index in [9.17, 15) is 18.0 Å². The quantitative estimate of drug-likeness (QED) is 0.918. The first-order chi connectivity index (χ1) is 9.36. The van der Waals surface area contributed by atoms with Crippen LogP contribution in [0, 0.1) is 0 Å². The van der Waals surface area contributed by atoms with Crippen molar-refractivity contribution in [3.05, 3.63) is 41.2 Å². The standard InChI is InChI=1S/C11H9F3N4O2/c12-11(13,14)8-3-1-7(2-4-8)5-9-15-16-17-18(9)6-10(19)20/h1-4H,5-6H2,(H,19,20). The first-order valence-corrected chi connectivity index (χ1v) is 5.49. The molecule has 0 spiro atoms. The summed E-state index contributed by atoms with van der Waals surface area (Å²) < 4.78 is 38.3. The normalized spacial score (nSPS) is 11.6. The molecule has 0 aliphatic heterocycles. The number of tetrazole rings is 1. The maximum absolute atomic E-state index is 12.4. The molecule has 0 bridgehead atoms. The summed E-state index contributed by atoms with van der Waals surface area (Å²) in [4.78, 5) is 10.6. The van der Waals surface area contributed by atoms with E-state index in [2.05, 4.69) is 15.5 Å². The van der Waals surface area contributed by atoms with Crippen LogP contribution in [0.4, 0.5) is 13.2 Å². The van der Waals surface area contributed by atoms with E-state index in [1.807, 2.05) is 0 Å². The van der Waals surface area contributed by atoms with Crippen molar-refractivity contribution in [1.29, 1.82) is 0 Å². The van der Waals surface area contributed by atoms with Crippen LogP contribution in [0.1, 0.15) is 17.0 Å². The number of alkyl halides is 3. The van der Waals surface area contributed by atoms with Crippen LogP contribution in [0.2, 0.25) is 0 Å². The predicted octanol–water partition coefficient (Wildman–Crippen LogP) is 1.37. The summed E-state index contributed by atoms with van der Waals surface area (Å²) in [7, 11) is 0. The van der Waals surface area contributed by atoms with Crippen LogP contribution in [0.25, 0.3) is 0 Å². The van der Waals surface area contributed by atoms with Crippen LogP contribution in [-0.2, 0) is 23.9 Å². The summed E-state index contributed by atoms with van der Waals surface area (Å²) in [5, 5.41) is 19.2. The van der Waals surface area contributed by atoms with Gasteiger partial charge in [-0.25, -0.2) is 4.68 Å². The van der Waals surface area contributed by atoms with Crippen LogP contribution in [0.3, 0.4) is 0 Å². The maximum atomic E-state index is 12.4. The molecule has 0 saturated carbocycles. The van der Waals surface area contributed by atoms with Crippen molar-refractivity contribution >= 4 is 5.97 Å². The Kier molecular flexibility index (Phi) is 3.68. The molecule has 1 aromatic carbocycles. The second-order valence-corrected chi connectivity index (χ2v) is 4.02. The Balaban J connectivity index is 2.15. The van der Waals surface area contributed by atoms with E-state index < -0.39 is 24.3 Å². The molecule has 0 saturated heterocycles. The van der Waals surface area contributed by atoms with Crippen molar-refractivity contribution in [3.8, 4) is 0 Å². The first-order valence-electron chi connectivity index (χ1n) is 5.49. The number of benzene rings is 1. The summed E-state index contributed by atoms with van der Waals surface area (Å²) in [6.07, 6.45) is -4.23. The molecule has 106 valence electrons. The molecular weight excluding hydrogens is 277 g/mol. The van der Waals surface area contributed by atoms with Gasteiger partial charge >= 0.3 is 12.1 Å². The summed E-state index contributed by atoms with van der Waals surface area (Å²) in [6.45, 7) is -0.400. The number of nitrogens with zero attached hydrogens (tertiary/aromatic N) is 4. The molecule has 0 atom stereocenters. The maximum Gasteiger partial charge on any atom is 0.416 e. The minimum Gasteiger partial charge on any atom is -0.480 e. The lowest BCUT2D eigenvalue weighted by atomic mass is 10.1. The van der Waals surface area contributed by atoms with Gasteiger partial charge in [0, 0.05) is 6.42 Å². The third-order valence-electron chi connectivity index (χ3n) is 2.53. The van der Waals surface area contributed by atoms with Crippen LogP contribution in [0.15, 0.2) is 24.3 Å². The molecule has 2 rings (SSSR count). The zero-order valence-electron chi connectivity index (χ0n) is 10.0. The van der Waals surface area contributed by atoms with Gasteiger partial charge in [0.05, 0.1) is 5.56 Å². The SMILES string of the molecule is O=C(O)Cn1nnnc1Cc1ccc(C(F)(F)F)cc1. The largest absolute Gasteiger partial charge is 0.480 e. The third-order valence-corrected chi connectivity index (χ3v) is 2.53. The van der Waals surface area contributed by atoms with Crippen molar-refractivity contribution in [3.63, 3.8) is 0 Å². The molecule has 0 aliphatic rings. The van der Waals surface area contributed by atoms with Gasteiger partial charge in [0.25, 0.3) is 0 Å². The number of carboxylic acid groups (broad SMARTS) is 1. The van der Waals surface area contributed by atoms with E-state index in [0.717, 1.165) is 16.8 Å². The lowest BCUT2D eigenvalue weighted by Crippen LogP contribution is -2.14. The minimum atomic E-state index is -4.39. The smallest absolute Gasteiger partial charge is 0.416 e. The van der Waals surface area contributed by atoms with Gasteiger partial charge in [-0.05, 0) is 28.1 Å². The highest BCUT2D eigenvalue weighted by molar-refractivity contribution is 5.66. The Bertz CT molecular complexity index is 607. The van der Waals surface area contributed by atoms with Crippen molar-refractivity contribution in [1.82, 2.24) is 20.2 Å². The van der Waals surface area contributed by atoms with E-state index in [1.54, 1.807) is 0 Å². The fraction of sp³-hybridized carbons (Fsp3) is 0.273. The fourth-order valence-electron chi connectivity index (χ4n) is 1.59. The molecule has 0 amide bonds. The van der Waals surface area contributed by atoms with E-state index in [4.69, 9.17) is 5.11 Å². The van der Waals surface area contributed by atoms with Gasteiger partial charge in [-0.2, -0.15) is 13.2 Å². The molecule has 1 N–H and O–H groups in total. The summed E-state index contributed by atoms with van der Waals surface area (Å²) in [5.41, 5.74) is -0.189. The first kappa shape index (κ1) is 14.0. The topological polar surface area (TPSA) is 80.9 Å². The Morgan fingerprint density at radius 1 is 1.25 bits per heavy atom. The summed E-state index contributed by atoms with van der Waals surface area (Å²) in [6, 6.07) is 4.53. The molecule has 0 unspecified atom stereocenters. The van der Waals surface area contributed by atoms with Gasteiger partial charge in [0.1, 0.15) is 6.54 Å². The number of hydrogen-bond acceptors (Lipinski definition) is 4. The number of aliphatic carboxylic acids is 1. The monoisotopic (exact) mass is 286 g/mol. The van der Waals surface area contributed by atoms with Crippen LogP contribution in [-0.4, -0.2) is 31.3 Å². The molecule has 9 heteroatoms. The highest BCUT2D eigenvalue weighted by Crippen LogP contribution is 2.29. The number of hydrogen-bond donors (Lipinski definition) is 1. The molecule has 0 fully saturated rings. The average molecular weight is 286 g/mol. The van der Waals surface area contributed by atoms with Gasteiger partial charge < -0.3 is 5.11 Å². The second kappa shape index (κ2) is 5.27. The number of carboxylic acids is 1. The number of aromatic nitrogens is 4. The van der Waals surface area contributed by atoms with Gasteiger partial charge in [-0.1, -0.05) is 12.1 Å². The Morgan fingerprint density at radius 3 is 2.45 bits per heavy atom. The van der Waals surface area contributed by atoms with E-state index >= 15 is 0 Å². The Hall–Kier alpha value is -2.45. The summed E-state index contributed by atoms with van der Waals surface area (Å²) in [5.74, 6) is -0.835. The van der Waals surface area contributed by atoms with Gasteiger partial charge in [-0.3, -0.25) is 4.79 Å². The zero-order valence-corrected chi connectivity index (χ0v) is 10.0. The highest BCUT2D eigenvalue weighted by Gasteiger charge is 2.29. The molecule has 20 heavy (non-hydrogen) atoms. The van der Waals surface area contributed by atoms with E-state index in [0.29, 0.717) is 5.56 Å². The second-order valence-electron chi connectivity index (χ2n) is 4.02. The fourth-order valence-corrected chi connectivity index (χ4v) is 1.59. The van der Waals surface area contributed by atoms with Gasteiger partial charge in [-0.15, -0.1) is 5.10 Å². The summed E-state index contributed by atoms with van der Waals surface area (Å²) >= 11 is 0. The highest BCUT2D eigenvalue weighted by atomic mass is 19.4. The Labute approximate surface area is 110 Å². The molecule has 0 aliphatic carbocycles. The van der Waals surface area contributed by atoms with Crippen LogP contribution in [0.5, 0.6) is 0 Å². The zero-order chi connectivity index (χ0) is 14.8.